The van der Waals surface area contributed by atoms with Crippen LogP contribution < -0.4 is 10.2 Å². The van der Waals surface area contributed by atoms with E-state index in [1.807, 2.05) is 24.9 Å². The van der Waals surface area contributed by atoms with E-state index in [1.54, 1.807) is 37.5 Å². The van der Waals surface area contributed by atoms with Gasteiger partial charge in [0.1, 0.15) is 0 Å². The van der Waals surface area contributed by atoms with Crippen molar-refractivity contribution in [2.75, 3.05) is 36.1 Å². The van der Waals surface area contributed by atoms with Crippen LogP contribution in [0.5, 0.6) is 0 Å². The van der Waals surface area contributed by atoms with Crippen LogP contribution in [0.4, 0.5) is 11.4 Å². The Morgan fingerprint density at radius 3 is 2.66 bits per heavy atom. The van der Waals surface area contributed by atoms with E-state index in [-0.39, 0.29) is 17.7 Å². The topological polar surface area (TPSA) is 82.6 Å². The highest BCUT2D eigenvalue weighted by Gasteiger charge is 2.37. The molecular weight excluding hydrogens is 412 g/mol. The van der Waals surface area contributed by atoms with Crippen LogP contribution in [0.1, 0.15) is 29.8 Å². The number of halogens is 1. The number of amides is 1. The maximum Gasteiger partial charge on any atom is 0.255 e. The number of aromatic nitrogens is 1. The average molecular weight is 437 g/mol. The number of aryl methyl sites for hydroxylation is 1. The molecule has 2 heterocycles. The number of hydrogen-bond donors (Lipinski definition) is 1. The van der Waals surface area contributed by atoms with Gasteiger partial charge >= 0.3 is 0 Å². The predicted octanol–water partition coefficient (Wildman–Crippen LogP) is 3.02. The molecule has 0 aliphatic carbocycles. The van der Waals surface area contributed by atoms with Gasteiger partial charge in [0.05, 0.1) is 35.6 Å². The predicted molar refractivity (Wildman–Crippen MR) is 116 cm³/mol. The van der Waals surface area contributed by atoms with Crippen molar-refractivity contribution in [1.82, 2.24) is 9.29 Å². The molecule has 29 heavy (non-hydrogen) atoms. The van der Waals surface area contributed by atoms with Crippen molar-refractivity contribution < 1.29 is 13.2 Å². The molecule has 9 heteroatoms. The Morgan fingerprint density at radius 1 is 1.28 bits per heavy atom. The molecule has 1 aromatic carbocycles. The molecule has 1 aliphatic heterocycles. The summed E-state index contributed by atoms with van der Waals surface area (Å²) < 4.78 is 25.3. The van der Waals surface area contributed by atoms with Gasteiger partial charge in [-0.15, -0.1) is 0 Å². The number of anilines is 2. The molecule has 1 saturated heterocycles. The maximum atomic E-state index is 12.7. The van der Waals surface area contributed by atoms with Gasteiger partial charge in [-0.2, -0.15) is 4.31 Å². The molecule has 7 nitrogen and oxygen atoms in total. The van der Waals surface area contributed by atoms with Gasteiger partial charge in [0.15, 0.2) is 0 Å². The summed E-state index contributed by atoms with van der Waals surface area (Å²) in [6.07, 6.45) is 3.99. The molecule has 2 aromatic rings. The second kappa shape index (κ2) is 8.69. The van der Waals surface area contributed by atoms with Crippen LogP contribution in [0.25, 0.3) is 0 Å². The first-order valence-electron chi connectivity index (χ1n) is 9.50. The fourth-order valence-electron chi connectivity index (χ4n) is 3.25. The fraction of sp³-hybridized carbons (Fsp3) is 0.400. The van der Waals surface area contributed by atoms with Crippen molar-refractivity contribution >= 4 is 38.9 Å². The van der Waals surface area contributed by atoms with Crippen LogP contribution >= 0.6 is 11.6 Å². The van der Waals surface area contributed by atoms with Crippen molar-refractivity contribution in [2.45, 2.75) is 26.3 Å². The summed E-state index contributed by atoms with van der Waals surface area (Å²) in [7, 11) is -1.25. The van der Waals surface area contributed by atoms with Gasteiger partial charge in [-0.25, -0.2) is 8.42 Å². The van der Waals surface area contributed by atoms with E-state index in [1.165, 1.54) is 4.31 Å². The van der Waals surface area contributed by atoms with Crippen LogP contribution in [0.2, 0.25) is 5.02 Å². The minimum Gasteiger partial charge on any atom is -0.368 e. The van der Waals surface area contributed by atoms with Gasteiger partial charge < -0.3 is 10.2 Å². The SMILES string of the molecule is CCc1cc(Cl)ccc1C(=O)Nc1cncc(N(C)C2CN(S(=O)(=O)CC)C2)c1. The molecule has 0 spiro atoms. The standard InChI is InChI=1S/C20H25ClN4O3S/c1-4-14-8-15(21)6-7-19(14)20(26)23-16-9-17(11-22-10-16)24(3)18-12-25(13-18)29(27,28)5-2/h6-11,18H,4-5,12-13H2,1-3H3,(H,23,26). The molecule has 1 aromatic heterocycles. The molecular formula is C20H25ClN4O3S. The van der Waals surface area contributed by atoms with Gasteiger partial charge in [0.2, 0.25) is 10.0 Å². The smallest absolute Gasteiger partial charge is 0.255 e. The Hall–Kier alpha value is -2.16. The highest BCUT2D eigenvalue weighted by atomic mass is 35.5. The van der Waals surface area contributed by atoms with Crippen LogP contribution in [0, 0.1) is 0 Å². The normalized spacial score (nSPS) is 15.0. The number of nitrogens with zero attached hydrogens (tertiary/aromatic N) is 3. The highest BCUT2D eigenvalue weighted by Crippen LogP contribution is 2.25. The molecule has 1 amide bonds. The summed E-state index contributed by atoms with van der Waals surface area (Å²) >= 11 is 6.02. The van der Waals surface area contributed by atoms with Crippen LogP contribution in [0.15, 0.2) is 36.7 Å². The first kappa shape index (κ1) is 21.5. The zero-order valence-corrected chi connectivity index (χ0v) is 18.3. The minimum absolute atomic E-state index is 0.0760. The summed E-state index contributed by atoms with van der Waals surface area (Å²) in [6.45, 7) is 4.52. The van der Waals surface area contributed by atoms with E-state index in [0.29, 0.717) is 35.8 Å². The number of carbonyl (C=O) groups is 1. The first-order chi connectivity index (χ1) is 13.7. The Balaban J connectivity index is 1.70. The zero-order chi connectivity index (χ0) is 21.2. The van der Waals surface area contributed by atoms with Crippen LogP contribution in [0.3, 0.4) is 0 Å². The van der Waals surface area contributed by atoms with E-state index < -0.39 is 10.0 Å². The summed E-state index contributed by atoms with van der Waals surface area (Å²) in [4.78, 5) is 18.9. The monoisotopic (exact) mass is 436 g/mol. The summed E-state index contributed by atoms with van der Waals surface area (Å²) in [6, 6.07) is 7.13. The van der Waals surface area contributed by atoms with Gasteiger partial charge in [-0.1, -0.05) is 18.5 Å². The van der Waals surface area contributed by atoms with Gasteiger partial charge in [-0.3, -0.25) is 9.78 Å². The lowest BCUT2D eigenvalue weighted by molar-refractivity contribution is 0.102. The average Bonchev–Trinajstić information content (AvgIpc) is 2.66. The molecule has 1 N–H and O–H groups in total. The zero-order valence-electron chi connectivity index (χ0n) is 16.7. The number of carbonyl (C=O) groups excluding carboxylic acids is 1. The molecule has 0 unspecified atom stereocenters. The maximum absolute atomic E-state index is 12.7. The second-order valence-corrected chi connectivity index (χ2v) is 9.72. The van der Waals surface area contributed by atoms with E-state index in [4.69, 9.17) is 11.6 Å². The first-order valence-corrected chi connectivity index (χ1v) is 11.5. The lowest BCUT2D eigenvalue weighted by atomic mass is 10.0. The number of benzene rings is 1. The van der Waals surface area contributed by atoms with Gasteiger partial charge in [-0.05, 0) is 43.2 Å². The van der Waals surface area contributed by atoms with Crippen LogP contribution in [-0.4, -0.2) is 55.5 Å². The van der Waals surface area contributed by atoms with Crippen molar-refractivity contribution in [3.8, 4) is 0 Å². The number of nitrogens with one attached hydrogen (secondary N) is 1. The van der Waals surface area contributed by atoms with Crippen LogP contribution in [-0.2, 0) is 16.4 Å². The highest BCUT2D eigenvalue weighted by molar-refractivity contribution is 7.89. The Bertz CT molecular complexity index is 1010. The Kier molecular flexibility index (Phi) is 6.45. The minimum atomic E-state index is -3.15. The third kappa shape index (κ3) is 4.71. The number of sulfonamides is 1. The molecule has 1 aliphatic rings. The molecule has 156 valence electrons. The van der Waals surface area contributed by atoms with Crippen molar-refractivity contribution in [1.29, 1.82) is 0 Å². The van der Waals surface area contributed by atoms with Crippen molar-refractivity contribution in [3.63, 3.8) is 0 Å². The Morgan fingerprint density at radius 2 is 2.00 bits per heavy atom. The second-order valence-electron chi connectivity index (χ2n) is 7.02. The molecule has 0 bridgehead atoms. The number of rotatable bonds is 7. The lowest BCUT2D eigenvalue weighted by Gasteiger charge is -2.43. The lowest BCUT2D eigenvalue weighted by Crippen LogP contribution is -2.60. The third-order valence-electron chi connectivity index (χ3n) is 5.22. The number of hydrogen-bond acceptors (Lipinski definition) is 5. The van der Waals surface area contributed by atoms with E-state index in [0.717, 1.165) is 11.3 Å². The Labute approximate surface area is 176 Å². The van der Waals surface area contributed by atoms with Crippen molar-refractivity contribution in [2.24, 2.45) is 0 Å². The van der Waals surface area contributed by atoms with E-state index in [2.05, 4.69) is 10.3 Å². The molecule has 0 radical (unpaired) electrons. The van der Waals surface area contributed by atoms with Crippen molar-refractivity contribution in [3.05, 3.63) is 52.8 Å². The molecule has 1 fully saturated rings. The fourth-order valence-corrected chi connectivity index (χ4v) is 4.60. The largest absolute Gasteiger partial charge is 0.368 e. The van der Waals surface area contributed by atoms with E-state index in [9.17, 15) is 13.2 Å². The molecule has 3 rings (SSSR count). The summed E-state index contributed by atoms with van der Waals surface area (Å²) in [5.41, 5.74) is 2.85. The molecule has 0 saturated carbocycles. The van der Waals surface area contributed by atoms with E-state index >= 15 is 0 Å². The molecule has 0 atom stereocenters. The summed E-state index contributed by atoms with van der Waals surface area (Å²) in [5.74, 6) is -0.110. The summed E-state index contributed by atoms with van der Waals surface area (Å²) in [5, 5.41) is 3.49. The quantitative estimate of drug-likeness (QED) is 0.721. The number of pyridine rings is 1. The van der Waals surface area contributed by atoms with Gasteiger partial charge in [0.25, 0.3) is 5.91 Å². The third-order valence-corrected chi connectivity index (χ3v) is 7.27. The number of likely N-dealkylation sites (N-methyl/N-ethyl adjacent to an activating group) is 1. The van der Waals surface area contributed by atoms with Gasteiger partial charge in [0, 0.05) is 30.7 Å².